The number of nitrogens with two attached hydrogens (primary N) is 1. The third-order valence-corrected chi connectivity index (χ3v) is 5.16. The highest BCUT2D eigenvalue weighted by Gasteiger charge is 2.20. The van der Waals surface area contributed by atoms with Crippen LogP contribution in [0.1, 0.15) is 11.1 Å². The maximum atomic E-state index is 12.5. The minimum absolute atomic E-state index is 0.121. The SMILES string of the molecule is Cc1cc(N)cc(S(=O)(=O)Nc2cc(Cl)ccc2Cl)c1C. The van der Waals surface area contributed by atoms with Crippen molar-refractivity contribution in [3.8, 4) is 0 Å². The van der Waals surface area contributed by atoms with E-state index in [9.17, 15) is 8.42 Å². The lowest BCUT2D eigenvalue weighted by Gasteiger charge is -2.14. The van der Waals surface area contributed by atoms with Crippen LogP contribution in [0.5, 0.6) is 0 Å². The molecule has 0 amide bonds. The van der Waals surface area contributed by atoms with Gasteiger partial charge in [-0.1, -0.05) is 23.2 Å². The van der Waals surface area contributed by atoms with Crippen LogP contribution in [0.15, 0.2) is 35.2 Å². The van der Waals surface area contributed by atoms with Crippen LogP contribution in [0.25, 0.3) is 0 Å². The molecule has 2 aromatic rings. The Balaban J connectivity index is 2.51. The summed E-state index contributed by atoms with van der Waals surface area (Å²) in [7, 11) is -3.80. The van der Waals surface area contributed by atoms with Crippen molar-refractivity contribution < 1.29 is 8.42 Å². The van der Waals surface area contributed by atoms with Gasteiger partial charge in [0.15, 0.2) is 0 Å². The maximum absolute atomic E-state index is 12.5. The smallest absolute Gasteiger partial charge is 0.262 e. The molecule has 0 saturated heterocycles. The molecular formula is C14H14Cl2N2O2S. The standard InChI is InChI=1S/C14H14Cl2N2O2S/c1-8-5-11(17)7-14(9(8)2)21(19,20)18-13-6-10(15)3-4-12(13)16/h3-7,18H,17H2,1-2H3. The van der Waals surface area contributed by atoms with E-state index in [2.05, 4.69) is 4.72 Å². The van der Waals surface area contributed by atoms with Crippen molar-refractivity contribution in [1.29, 1.82) is 0 Å². The van der Waals surface area contributed by atoms with E-state index >= 15 is 0 Å². The first kappa shape index (κ1) is 15.9. The predicted molar refractivity (Wildman–Crippen MR) is 87.6 cm³/mol. The van der Waals surface area contributed by atoms with Crippen molar-refractivity contribution in [2.24, 2.45) is 0 Å². The fourth-order valence-electron chi connectivity index (χ4n) is 1.91. The molecule has 0 bridgehead atoms. The second kappa shape index (κ2) is 5.75. The predicted octanol–water partition coefficient (Wildman–Crippen LogP) is 3.99. The van der Waals surface area contributed by atoms with E-state index in [0.29, 0.717) is 16.3 Å². The number of benzene rings is 2. The zero-order valence-electron chi connectivity index (χ0n) is 11.4. The number of hydrogen-bond donors (Lipinski definition) is 2. The fraction of sp³-hybridized carbons (Fsp3) is 0.143. The average Bonchev–Trinajstić information content (AvgIpc) is 2.37. The van der Waals surface area contributed by atoms with Gasteiger partial charge in [0.05, 0.1) is 15.6 Å². The van der Waals surface area contributed by atoms with Crippen LogP contribution < -0.4 is 10.5 Å². The molecule has 0 radical (unpaired) electrons. The van der Waals surface area contributed by atoms with E-state index in [0.717, 1.165) is 5.56 Å². The van der Waals surface area contributed by atoms with Gasteiger partial charge in [0, 0.05) is 10.7 Å². The molecule has 2 rings (SSSR count). The number of aryl methyl sites for hydroxylation is 1. The third-order valence-electron chi connectivity index (χ3n) is 3.10. The number of halogens is 2. The second-order valence-corrected chi connectivity index (χ2v) is 7.19. The molecule has 0 fully saturated rings. The molecule has 0 aliphatic rings. The molecular weight excluding hydrogens is 331 g/mol. The molecule has 21 heavy (non-hydrogen) atoms. The maximum Gasteiger partial charge on any atom is 0.262 e. The van der Waals surface area contributed by atoms with Gasteiger partial charge in [-0.2, -0.15) is 0 Å². The number of nitrogens with one attached hydrogen (secondary N) is 1. The summed E-state index contributed by atoms with van der Waals surface area (Å²) in [5.41, 5.74) is 7.78. The van der Waals surface area contributed by atoms with Gasteiger partial charge in [0.25, 0.3) is 10.0 Å². The average molecular weight is 345 g/mol. The Hall–Kier alpha value is -1.43. The normalized spacial score (nSPS) is 11.4. The summed E-state index contributed by atoms with van der Waals surface area (Å²) >= 11 is 11.8. The number of hydrogen-bond acceptors (Lipinski definition) is 3. The number of sulfonamides is 1. The molecule has 0 aliphatic heterocycles. The van der Waals surface area contributed by atoms with Crippen molar-refractivity contribution in [1.82, 2.24) is 0 Å². The lowest BCUT2D eigenvalue weighted by molar-refractivity contribution is 0.600. The van der Waals surface area contributed by atoms with Crippen molar-refractivity contribution >= 4 is 44.6 Å². The van der Waals surface area contributed by atoms with Gasteiger partial charge in [-0.05, 0) is 55.3 Å². The van der Waals surface area contributed by atoms with Crippen LogP contribution in [0.2, 0.25) is 10.0 Å². The summed E-state index contributed by atoms with van der Waals surface area (Å²) in [6.07, 6.45) is 0. The van der Waals surface area contributed by atoms with Crippen LogP contribution in [0, 0.1) is 13.8 Å². The third kappa shape index (κ3) is 3.43. The zero-order chi connectivity index (χ0) is 15.8. The summed E-state index contributed by atoms with van der Waals surface area (Å²) in [6.45, 7) is 3.53. The fourth-order valence-corrected chi connectivity index (χ4v) is 3.73. The quantitative estimate of drug-likeness (QED) is 0.826. The first-order chi connectivity index (χ1) is 9.70. The van der Waals surface area contributed by atoms with Crippen molar-refractivity contribution in [3.05, 3.63) is 51.5 Å². The minimum Gasteiger partial charge on any atom is -0.399 e. The van der Waals surface area contributed by atoms with Crippen molar-refractivity contribution in [2.45, 2.75) is 18.7 Å². The van der Waals surface area contributed by atoms with Gasteiger partial charge in [-0.3, -0.25) is 4.72 Å². The molecule has 0 aliphatic carbocycles. The zero-order valence-corrected chi connectivity index (χ0v) is 13.8. The van der Waals surface area contributed by atoms with Crippen LogP contribution in [0.4, 0.5) is 11.4 Å². The highest BCUT2D eigenvalue weighted by molar-refractivity contribution is 7.92. The van der Waals surface area contributed by atoms with Crippen molar-refractivity contribution in [3.63, 3.8) is 0 Å². The van der Waals surface area contributed by atoms with Gasteiger partial charge in [0.2, 0.25) is 0 Å². The van der Waals surface area contributed by atoms with E-state index in [-0.39, 0.29) is 15.6 Å². The largest absolute Gasteiger partial charge is 0.399 e. The van der Waals surface area contributed by atoms with E-state index in [4.69, 9.17) is 28.9 Å². The Bertz CT molecular complexity index is 805. The Morgan fingerprint density at radius 2 is 1.76 bits per heavy atom. The molecule has 3 N–H and O–H groups in total. The Morgan fingerprint density at radius 1 is 1.10 bits per heavy atom. The summed E-state index contributed by atoms with van der Waals surface area (Å²) in [4.78, 5) is 0.121. The molecule has 7 heteroatoms. The number of rotatable bonds is 3. The second-order valence-electron chi connectivity index (χ2n) is 4.69. The number of nitrogen functional groups attached to an aromatic ring is 1. The van der Waals surface area contributed by atoms with Gasteiger partial charge in [-0.25, -0.2) is 8.42 Å². The summed E-state index contributed by atoms with van der Waals surface area (Å²) in [5.74, 6) is 0. The molecule has 4 nitrogen and oxygen atoms in total. The van der Waals surface area contributed by atoms with E-state index < -0.39 is 10.0 Å². The lowest BCUT2D eigenvalue weighted by atomic mass is 10.1. The van der Waals surface area contributed by atoms with Gasteiger partial charge in [-0.15, -0.1) is 0 Å². The van der Waals surface area contributed by atoms with E-state index in [1.807, 2.05) is 0 Å². The molecule has 0 aromatic heterocycles. The highest BCUT2D eigenvalue weighted by Crippen LogP contribution is 2.29. The first-order valence-electron chi connectivity index (χ1n) is 6.05. The molecule has 2 aromatic carbocycles. The Kier molecular flexibility index (Phi) is 4.37. The van der Waals surface area contributed by atoms with Crippen LogP contribution in [0.3, 0.4) is 0 Å². The summed E-state index contributed by atoms with van der Waals surface area (Å²) in [6, 6.07) is 7.70. The van der Waals surface area contributed by atoms with Gasteiger partial charge < -0.3 is 5.73 Å². The van der Waals surface area contributed by atoms with Crippen LogP contribution in [-0.2, 0) is 10.0 Å². The van der Waals surface area contributed by atoms with Crippen LogP contribution >= 0.6 is 23.2 Å². The topological polar surface area (TPSA) is 72.2 Å². The summed E-state index contributed by atoms with van der Waals surface area (Å²) in [5, 5.41) is 0.652. The Morgan fingerprint density at radius 3 is 2.43 bits per heavy atom. The highest BCUT2D eigenvalue weighted by atomic mass is 35.5. The van der Waals surface area contributed by atoms with Gasteiger partial charge >= 0.3 is 0 Å². The molecule has 112 valence electrons. The molecule has 0 unspecified atom stereocenters. The number of anilines is 2. The molecule has 0 atom stereocenters. The monoisotopic (exact) mass is 344 g/mol. The summed E-state index contributed by atoms with van der Waals surface area (Å²) < 4.78 is 27.5. The van der Waals surface area contributed by atoms with Gasteiger partial charge in [0.1, 0.15) is 0 Å². The first-order valence-corrected chi connectivity index (χ1v) is 8.29. The van der Waals surface area contributed by atoms with E-state index in [1.165, 1.54) is 18.2 Å². The van der Waals surface area contributed by atoms with E-state index in [1.54, 1.807) is 26.0 Å². The molecule has 0 heterocycles. The lowest BCUT2D eigenvalue weighted by Crippen LogP contribution is -2.15. The van der Waals surface area contributed by atoms with Crippen LogP contribution in [-0.4, -0.2) is 8.42 Å². The van der Waals surface area contributed by atoms with Crippen molar-refractivity contribution in [2.75, 3.05) is 10.5 Å². The Labute approximate surface area is 133 Å². The minimum atomic E-state index is -3.80. The molecule has 0 saturated carbocycles. The molecule has 0 spiro atoms.